The summed E-state index contributed by atoms with van der Waals surface area (Å²) in [5.74, 6) is -0.0207. The number of aromatic nitrogens is 4. The SMILES string of the molecule is Cn1nc(C(N)=O)nc1-c1ccc2ncccc2c1. The van der Waals surface area contributed by atoms with Gasteiger partial charge in [0.25, 0.3) is 5.91 Å². The molecule has 94 valence electrons. The Morgan fingerprint density at radius 3 is 2.89 bits per heavy atom. The molecule has 3 aromatic rings. The topological polar surface area (TPSA) is 86.7 Å². The Balaban J connectivity index is 2.16. The molecule has 6 nitrogen and oxygen atoms in total. The highest BCUT2D eigenvalue weighted by Gasteiger charge is 2.13. The molecule has 0 aliphatic heterocycles. The van der Waals surface area contributed by atoms with E-state index in [-0.39, 0.29) is 5.82 Å². The smallest absolute Gasteiger partial charge is 0.288 e. The third-order valence-corrected chi connectivity index (χ3v) is 2.84. The van der Waals surface area contributed by atoms with E-state index in [1.54, 1.807) is 13.2 Å². The van der Waals surface area contributed by atoms with E-state index in [0.717, 1.165) is 16.5 Å². The minimum atomic E-state index is -0.635. The molecule has 0 bridgehead atoms. The van der Waals surface area contributed by atoms with Gasteiger partial charge in [0, 0.05) is 24.2 Å². The predicted molar refractivity (Wildman–Crippen MR) is 70.3 cm³/mol. The highest BCUT2D eigenvalue weighted by molar-refractivity contribution is 5.89. The summed E-state index contributed by atoms with van der Waals surface area (Å²) in [5, 5.41) is 4.99. The van der Waals surface area contributed by atoms with Crippen molar-refractivity contribution in [1.82, 2.24) is 19.7 Å². The second-order valence-electron chi connectivity index (χ2n) is 4.16. The van der Waals surface area contributed by atoms with Crippen LogP contribution in [-0.4, -0.2) is 25.7 Å². The lowest BCUT2D eigenvalue weighted by Gasteiger charge is -2.02. The summed E-state index contributed by atoms with van der Waals surface area (Å²) in [6.07, 6.45) is 1.75. The zero-order valence-corrected chi connectivity index (χ0v) is 10.2. The molecule has 0 radical (unpaired) electrons. The molecular weight excluding hydrogens is 242 g/mol. The summed E-state index contributed by atoms with van der Waals surface area (Å²) in [6.45, 7) is 0. The van der Waals surface area contributed by atoms with Crippen LogP contribution in [0.5, 0.6) is 0 Å². The predicted octanol–water partition coefficient (Wildman–Crippen LogP) is 1.13. The van der Waals surface area contributed by atoms with E-state index in [0.29, 0.717) is 5.82 Å². The Morgan fingerprint density at radius 1 is 1.32 bits per heavy atom. The lowest BCUT2D eigenvalue weighted by Crippen LogP contribution is -2.13. The number of carbonyl (C=O) groups is 1. The van der Waals surface area contributed by atoms with Crippen LogP contribution in [0.4, 0.5) is 0 Å². The number of pyridine rings is 1. The average molecular weight is 253 g/mol. The Bertz CT molecular complexity index is 778. The fourth-order valence-electron chi connectivity index (χ4n) is 1.95. The first-order valence-corrected chi connectivity index (χ1v) is 5.71. The Hall–Kier alpha value is -2.76. The van der Waals surface area contributed by atoms with Crippen molar-refractivity contribution in [2.75, 3.05) is 0 Å². The Morgan fingerprint density at radius 2 is 2.16 bits per heavy atom. The maximum atomic E-state index is 11.1. The van der Waals surface area contributed by atoms with Crippen molar-refractivity contribution in [3.63, 3.8) is 0 Å². The second-order valence-corrected chi connectivity index (χ2v) is 4.16. The van der Waals surface area contributed by atoms with Crippen molar-refractivity contribution in [1.29, 1.82) is 0 Å². The normalized spacial score (nSPS) is 10.8. The monoisotopic (exact) mass is 253 g/mol. The number of nitrogens with two attached hydrogens (primary N) is 1. The molecule has 6 heteroatoms. The van der Waals surface area contributed by atoms with E-state index in [1.807, 2.05) is 30.3 Å². The van der Waals surface area contributed by atoms with Gasteiger partial charge in [-0.3, -0.25) is 9.78 Å². The Labute approximate surface area is 108 Å². The third kappa shape index (κ3) is 1.93. The number of amides is 1. The average Bonchev–Trinajstić information content (AvgIpc) is 2.80. The molecule has 0 aliphatic rings. The standard InChI is InChI=1S/C13H11N5O/c1-18-13(16-12(17-18)11(14)19)9-4-5-10-8(7-9)3-2-6-15-10/h2-7H,1H3,(H2,14,19). The molecule has 2 aromatic heterocycles. The molecular formula is C13H11N5O. The number of primary amides is 1. The van der Waals surface area contributed by atoms with Crippen LogP contribution in [0.15, 0.2) is 36.5 Å². The van der Waals surface area contributed by atoms with Crippen LogP contribution in [0.25, 0.3) is 22.3 Å². The molecule has 0 saturated heterocycles. The van der Waals surface area contributed by atoms with Crippen LogP contribution < -0.4 is 5.73 Å². The summed E-state index contributed by atoms with van der Waals surface area (Å²) < 4.78 is 1.54. The molecule has 19 heavy (non-hydrogen) atoms. The van der Waals surface area contributed by atoms with E-state index in [9.17, 15) is 4.79 Å². The van der Waals surface area contributed by atoms with E-state index in [4.69, 9.17) is 5.73 Å². The molecule has 1 aromatic carbocycles. The van der Waals surface area contributed by atoms with Crippen molar-refractivity contribution < 1.29 is 4.79 Å². The minimum Gasteiger partial charge on any atom is -0.363 e. The lowest BCUT2D eigenvalue weighted by atomic mass is 10.1. The van der Waals surface area contributed by atoms with Crippen molar-refractivity contribution in [2.45, 2.75) is 0 Å². The summed E-state index contributed by atoms with van der Waals surface area (Å²) in [7, 11) is 1.72. The number of benzene rings is 1. The zero-order valence-electron chi connectivity index (χ0n) is 10.2. The number of hydrogen-bond acceptors (Lipinski definition) is 4. The van der Waals surface area contributed by atoms with Gasteiger partial charge in [0.1, 0.15) is 0 Å². The first kappa shape index (κ1) is 11.3. The number of fused-ring (bicyclic) bond motifs is 1. The number of aryl methyl sites for hydroxylation is 1. The van der Waals surface area contributed by atoms with Gasteiger partial charge in [-0.2, -0.15) is 0 Å². The van der Waals surface area contributed by atoms with Gasteiger partial charge in [0.05, 0.1) is 5.52 Å². The van der Waals surface area contributed by atoms with Crippen molar-refractivity contribution in [3.05, 3.63) is 42.4 Å². The van der Waals surface area contributed by atoms with Crippen LogP contribution in [0.2, 0.25) is 0 Å². The minimum absolute atomic E-state index is 0.0174. The highest BCUT2D eigenvalue weighted by atomic mass is 16.1. The van der Waals surface area contributed by atoms with E-state index in [2.05, 4.69) is 15.1 Å². The van der Waals surface area contributed by atoms with Gasteiger partial charge in [0.15, 0.2) is 5.82 Å². The molecule has 0 spiro atoms. The highest BCUT2D eigenvalue weighted by Crippen LogP contribution is 2.21. The second kappa shape index (κ2) is 4.16. The van der Waals surface area contributed by atoms with Gasteiger partial charge < -0.3 is 5.73 Å². The van der Waals surface area contributed by atoms with E-state index in [1.165, 1.54) is 4.68 Å². The number of carbonyl (C=O) groups excluding carboxylic acids is 1. The summed E-state index contributed by atoms with van der Waals surface area (Å²) >= 11 is 0. The fraction of sp³-hybridized carbons (Fsp3) is 0.0769. The lowest BCUT2D eigenvalue weighted by molar-refractivity contribution is 0.0990. The van der Waals surface area contributed by atoms with Gasteiger partial charge >= 0.3 is 0 Å². The van der Waals surface area contributed by atoms with Gasteiger partial charge in [-0.15, -0.1) is 5.10 Å². The third-order valence-electron chi connectivity index (χ3n) is 2.84. The molecule has 0 fully saturated rings. The molecule has 0 saturated carbocycles. The zero-order chi connectivity index (χ0) is 13.4. The van der Waals surface area contributed by atoms with Crippen molar-refractivity contribution in [2.24, 2.45) is 12.8 Å². The molecule has 2 N–H and O–H groups in total. The van der Waals surface area contributed by atoms with E-state index < -0.39 is 5.91 Å². The largest absolute Gasteiger partial charge is 0.363 e. The fourth-order valence-corrected chi connectivity index (χ4v) is 1.95. The quantitative estimate of drug-likeness (QED) is 0.741. The molecule has 0 aliphatic carbocycles. The van der Waals surface area contributed by atoms with Crippen LogP contribution in [0, 0.1) is 0 Å². The summed E-state index contributed by atoms with van der Waals surface area (Å²) in [5.41, 5.74) is 6.95. The van der Waals surface area contributed by atoms with Crippen LogP contribution in [-0.2, 0) is 7.05 Å². The van der Waals surface area contributed by atoms with Gasteiger partial charge in [-0.1, -0.05) is 6.07 Å². The molecule has 2 heterocycles. The first-order valence-electron chi connectivity index (χ1n) is 5.71. The van der Waals surface area contributed by atoms with Gasteiger partial charge in [0.2, 0.25) is 5.82 Å². The molecule has 3 rings (SSSR count). The van der Waals surface area contributed by atoms with Crippen LogP contribution in [0.3, 0.4) is 0 Å². The maximum Gasteiger partial charge on any atom is 0.288 e. The molecule has 0 unspecified atom stereocenters. The molecule has 0 atom stereocenters. The Kier molecular flexibility index (Phi) is 2.49. The number of nitrogens with zero attached hydrogens (tertiary/aromatic N) is 4. The summed E-state index contributed by atoms with van der Waals surface area (Å²) in [4.78, 5) is 19.5. The van der Waals surface area contributed by atoms with Crippen LogP contribution in [0.1, 0.15) is 10.6 Å². The van der Waals surface area contributed by atoms with Gasteiger partial charge in [-0.05, 0) is 24.3 Å². The number of rotatable bonds is 2. The van der Waals surface area contributed by atoms with Crippen LogP contribution >= 0.6 is 0 Å². The summed E-state index contributed by atoms with van der Waals surface area (Å²) in [6, 6.07) is 9.60. The van der Waals surface area contributed by atoms with E-state index >= 15 is 0 Å². The maximum absolute atomic E-state index is 11.1. The number of hydrogen-bond donors (Lipinski definition) is 1. The van der Waals surface area contributed by atoms with Crippen molar-refractivity contribution in [3.8, 4) is 11.4 Å². The first-order chi connectivity index (χ1) is 9.15. The van der Waals surface area contributed by atoms with Crippen molar-refractivity contribution >= 4 is 16.8 Å². The molecule has 1 amide bonds. The van der Waals surface area contributed by atoms with Gasteiger partial charge in [-0.25, -0.2) is 9.67 Å².